The molecule has 1 aliphatic heterocycles. The summed E-state index contributed by atoms with van der Waals surface area (Å²) < 4.78 is 24.1. The third kappa shape index (κ3) is 3.75. The third-order valence-corrected chi connectivity index (χ3v) is 3.99. The summed E-state index contributed by atoms with van der Waals surface area (Å²) in [6.07, 6.45) is 0.762. The molecule has 1 aliphatic rings. The van der Waals surface area contributed by atoms with Crippen molar-refractivity contribution in [1.82, 2.24) is 10.2 Å². The maximum atomic E-state index is 13.4. The third-order valence-electron chi connectivity index (χ3n) is 3.99. The summed E-state index contributed by atoms with van der Waals surface area (Å²) in [5, 5.41) is 3.21. The summed E-state index contributed by atoms with van der Waals surface area (Å²) in [6, 6.07) is 6.25. The smallest absolute Gasteiger partial charge is 0.232 e. The minimum atomic E-state index is -0.499. The number of carbonyl (C=O) groups excluding carboxylic acids is 1. The lowest BCUT2D eigenvalue weighted by molar-refractivity contribution is -0.143. The van der Waals surface area contributed by atoms with Crippen molar-refractivity contribution in [3.63, 3.8) is 0 Å². The molecule has 0 bridgehead atoms. The number of hydrogen-bond donors (Lipinski definition) is 1. The molecule has 1 unspecified atom stereocenters. The van der Waals surface area contributed by atoms with Gasteiger partial charge < -0.3 is 19.7 Å². The minimum absolute atomic E-state index is 0.0384. The zero-order valence-corrected chi connectivity index (χ0v) is 13.1. The van der Waals surface area contributed by atoms with Crippen molar-refractivity contribution >= 4 is 5.91 Å². The Labute approximate surface area is 130 Å². The van der Waals surface area contributed by atoms with E-state index in [4.69, 9.17) is 9.47 Å². The van der Waals surface area contributed by atoms with E-state index in [2.05, 4.69) is 5.32 Å². The van der Waals surface area contributed by atoms with Gasteiger partial charge in [-0.15, -0.1) is 0 Å². The molecule has 1 fully saturated rings. The van der Waals surface area contributed by atoms with Gasteiger partial charge in [-0.1, -0.05) is 12.1 Å². The quantitative estimate of drug-likeness (QED) is 0.824. The molecule has 1 heterocycles. The minimum Gasteiger partial charge on any atom is -0.489 e. The fourth-order valence-corrected chi connectivity index (χ4v) is 2.75. The first-order valence-electron chi connectivity index (χ1n) is 7.41. The van der Waals surface area contributed by atoms with Crippen molar-refractivity contribution in [1.29, 1.82) is 0 Å². The van der Waals surface area contributed by atoms with Gasteiger partial charge >= 0.3 is 0 Å². The Morgan fingerprint density at radius 2 is 2.23 bits per heavy atom. The fourth-order valence-electron chi connectivity index (χ4n) is 2.75. The Morgan fingerprint density at radius 3 is 2.86 bits per heavy atom. The number of rotatable bonds is 7. The van der Waals surface area contributed by atoms with Gasteiger partial charge in [0.1, 0.15) is 6.61 Å². The summed E-state index contributed by atoms with van der Waals surface area (Å²) in [6.45, 7) is 2.49. The number of carbonyl (C=O) groups is 1. The number of amides is 1. The molecule has 0 aromatic heterocycles. The topological polar surface area (TPSA) is 50.8 Å². The molecule has 1 N–H and O–H groups in total. The molecule has 0 aliphatic carbocycles. The number of methoxy groups -OCH3 is 1. The number of likely N-dealkylation sites (N-methyl/N-ethyl adjacent to an activating group) is 1. The summed E-state index contributed by atoms with van der Waals surface area (Å²) in [7, 11) is 3.34. The zero-order chi connectivity index (χ0) is 16.0. The predicted octanol–water partition coefficient (Wildman–Crippen LogP) is 1.29. The predicted molar refractivity (Wildman–Crippen MR) is 81.3 cm³/mol. The van der Waals surface area contributed by atoms with E-state index in [9.17, 15) is 9.18 Å². The normalized spacial score (nSPS) is 20.9. The molecule has 2 rings (SSSR count). The molecule has 0 saturated carbocycles. The molecule has 1 aromatic carbocycles. The summed E-state index contributed by atoms with van der Waals surface area (Å²) in [5.41, 5.74) is -0.499. The van der Waals surface area contributed by atoms with Crippen molar-refractivity contribution in [2.75, 3.05) is 47.0 Å². The lowest BCUT2D eigenvalue weighted by Gasteiger charge is -2.31. The van der Waals surface area contributed by atoms with E-state index in [1.807, 2.05) is 0 Å². The molecular weight excluding hydrogens is 287 g/mol. The van der Waals surface area contributed by atoms with Gasteiger partial charge in [-0.2, -0.15) is 0 Å². The van der Waals surface area contributed by atoms with Gasteiger partial charge in [0.15, 0.2) is 11.6 Å². The van der Waals surface area contributed by atoms with Crippen molar-refractivity contribution in [3.05, 3.63) is 30.1 Å². The van der Waals surface area contributed by atoms with Crippen molar-refractivity contribution in [2.45, 2.75) is 6.42 Å². The highest BCUT2D eigenvalue weighted by Gasteiger charge is 2.42. The summed E-state index contributed by atoms with van der Waals surface area (Å²) >= 11 is 0. The average Bonchev–Trinajstić information content (AvgIpc) is 2.98. The molecule has 0 spiro atoms. The first kappa shape index (κ1) is 16.7. The second-order valence-corrected chi connectivity index (χ2v) is 5.65. The van der Waals surface area contributed by atoms with Crippen LogP contribution in [0.5, 0.6) is 5.75 Å². The lowest BCUT2D eigenvalue weighted by atomic mass is 9.86. The van der Waals surface area contributed by atoms with Gasteiger partial charge in [0.25, 0.3) is 0 Å². The average molecular weight is 310 g/mol. The van der Waals surface area contributed by atoms with Crippen LogP contribution in [0.1, 0.15) is 6.42 Å². The van der Waals surface area contributed by atoms with Crippen LogP contribution in [0, 0.1) is 11.2 Å². The van der Waals surface area contributed by atoms with Crippen LogP contribution in [0.3, 0.4) is 0 Å². The van der Waals surface area contributed by atoms with E-state index >= 15 is 0 Å². The molecule has 0 radical (unpaired) electrons. The van der Waals surface area contributed by atoms with Crippen LogP contribution in [0.4, 0.5) is 4.39 Å². The number of para-hydroxylation sites is 1. The summed E-state index contributed by atoms with van der Waals surface area (Å²) in [5.74, 6) is -0.152. The van der Waals surface area contributed by atoms with E-state index in [0.29, 0.717) is 19.7 Å². The van der Waals surface area contributed by atoms with E-state index in [1.54, 1.807) is 37.3 Å². The van der Waals surface area contributed by atoms with Crippen molar-refractivity contribution < 1.29 is 18.7 Å². The van der Waals surface area contributed by atoms with Gasteiger partial charge in [0.2, 0.25) is 5.91 Å². The number of nitrogens with one attached hydrogen (secondary N) is 1. The van der Waals surface area contributed by atoms with Crippen LogP contribution in [0.2, 0.25) is 0 Å². The number of ether oxygens (including phenoxy) is 2. The molecule has 122 valence electrons. The summed E-state index contributed by atoms with van der Waals surface area (Å²) in [4.78, 5) is 14.3. The highest BCUT2D eigenvalue weighted by Crippen LogP contribution is 2.28. The second-order valence-electron chi connectivity index (χ2n) is 5.65. The fraction of sp³-hybridized carbons (Fsp3) is 0.562. The standard InChI is InChI=1S/C16H23FN2O3/c1-19(9-10-22-14-6-4-3-5-13(14)17)15(20)16(12-21-2)7-8-18-11-16/h3-6,18H,7-12H2,1-2H3. The zero-order valence-electron chi connectivity index (χ0n) is 13.1. The van der Waals surface area contributed by atoms with Crippen molar-refractivity contribution in [3.8, 4) is 5.75 Å². The second kappa shape index (κ2) is 7.56. The van der Waals surface area contributed by atoms with Gasteiger partial charge in [-0.05, 0) is 25.1 Å². The van der Waals surface area contributed by atoms with Crippen LogP contribution in [-0.4, -0.2) is 57.8 Å². The van der Waals surface area contributed by atoms with Crippen LogP contribution in [-0.2, 0) is 9.53 Å². The molecule has 1 aromatic rings. The Kier molecular flexibility index (Phi) is 5.74. The van der Waals surface area contributed by atoms with E-state index in [-0.39, 0.29) is 18.3 Å². The van der Waals surface area contributed by atoms with Crippen molar-refractivity contribution in [2.24, 2.45) is 5.41 Å². The first-order valence-corrected chi connectivity index (χ1v) is 7.41. The largest absolute Gasteiger partial charge is 0.489 e. The molecule has 5 nitrogen and oxygen atoms in total. The Bertz CT molecular complexity index is 504. The van der Waals surface area contributed by atoms with Crippen LogP contribution >= 0.6 is 0 Å². The van der Waals surface area contributed by atoms with E-state index in [0.717, 1.165) is 13.0 Å². The molecule has 6 heteroatoms. The highest BCUT2D eigenvalue weighted by molar-refractivity contribution is 5.83. The van der Waals surface area contributed by atoms with Gasteiger partial charge in [0.05, 0.1) is 18.6 Å². The SMILES string of the molecule is COCC1(C(=O)N(C)CCOc2ccccc2F)CCNC1. The Morgan fingerprint density at radius 1 is 1.45 bits per heavy atom. The van der Waals surface area contributed by atoms with Crippen LogP contribution in [0.15, 0.2) is 24.3 Å². The van der Waals surface area contributed by atoms with E-state index in [1.165, 1.54) is 6.07 Å². The maximum absolute atomic E-state index is 13.4. The van der Waals surface area contributed by atoms with Crippen LogP contribution in [0.25, 0.3) is 0 Å². The number of nitrogens with zero attached hydrogens (tertiary/aromatic N) is 1. The monoisotopic (exact) mass is 310 g/mol. The molecular formula is C16H23FN2O3. The van der Waals surface area contributed by atoms with Gasteiger partial charge in [-0.25, -0.2) is 4.39 Å². The number of hydrogen-bond acceptors (Lipinski definition) is 4. The Hall–Kier alpha value is -1.66. The van der Waals surface area contributed by atoms with Crippen LogP contribution < -0.4 is 10.1 Å². The van der Waals surface area contributed by atoms with Gasteiger partial charge in [0, 0.05) is 20.7 Å². The maximum Gasteiger partial charge on any atom is 0.232 e. The highest BCUT2D eigenvalue weighted by atomic mass is 19.1. The molecule has 1 amide bonds. The molecule has 22 heavy (non-hydrogen) atoms. The molecule has 1 saturated heterocycles. The molecule has 1 atom stereocenters. The van der Waals surface area contributed by atoms with Gasteiger partial charge in [-0.3, -0.25) is 4.79 Å². The Balaban J connectivity index is 1.87. The number of benzene rings is 1. The number of halogens is 1. The lowest BCUT2D eigenvalue weighted by Crippen LogP contribution is -2.47. The first-order chi connectivity index (χ1) is 10.6. The van der Waals surface area contributed by atoms with E-state index < -0.39 is 11.2 Å².